The molecule has 3 aromatic rings. The molecular formula is C22H19Cl2NO4. The summed E-state index contributed by atoms with van der Waals surface area (Å²) in [6.45, 7) is 1.01. The average Bonchev–Trinajstić information content (AvgIpc) is 3.20. The summed E-state index contributed by atoms with van der Waals surface area (Å²) in [5, 5.41) is 4.50. The van der Waals surface area contributed by atoms with Crippen molar-refractivity contribution in [3.05, 3.63) is 75.8 Å². The Labute approximate surface area is 179 Å². The van der Waals surface area contributed by atoms with Gasteiger partial charge in [-0.15, -0.1) is 0 Å². The van der Waals surface area contributed by atoms with E-state index in [4.69, 9.17) is 42.1 Å². The Balaban J connectivity index is 1.53. The third-order valence-electron chi connectivity index (χ3n) is 4.56. The number of ether oxygens (including phenoxy) is 4. The first kappa shape index (κ1) is 19.6. The molecule has 1 aliphatic heterocycles. The Kier molecular flexibility index (Phi) is 5.88. The normalized spacial score (nSPS) is 12.0. The second-order valence-electron chi connectivity index (χ2n) is 6.36. The van der Waals surface area contributed by atoms with Gasteiger partial charge in [0.15, 0.2) is 23.0 Å². The molecule has 1 heterocycles. The molecular weight excluding hydrogens is 413 g/mol. The van der Waals surface area contributed by atoms with Crippen LogP contribution in [-0.2, 0) is 13.2 Å². The van der Waals surface area contributed by atoms with Crippen molar-refractivity contribution in [2.75, 3.05) is 19.2 Å². The summed E-state index contributed by atoms with van der Waals surface area (Å²) >= 11 is 12.5. The van der Waals surface area contributed by atoms with Crippen molar-refractivity contribution < 1.29 is 18.9 Å². The van der Waals surface area contributed by atoms with Gasteiger partial charge in [-0.25, -0.2) is 0 Å². The first-order valence-electron chi connectivity index (χ1n) is 9.01. The van der Waals surface area contributed by atoms with Gasteiger partial charge in [-0.2, -0.15) is 0 Å². The van der Waals surface area contributed by atoms with Crippen LogP contribution in [0.2, 0.25) is 10.0 Å². The van der Waals surface area contributed by atoms with Gasteiger partial charge in [0.25, 0.3) is 0 Å². The third-order valence-corrected chi connectivity index (χ3v) is 5.27. The first-order valence-corrected chi connectivity index (χ1v) is 9.76. The molecule has 0 radical (unpaired) electrons. The smallest absolute Gasteiger partial charge is 0.231 e. The SMILES string of the molecule is COc1cccc(CNc2ccc3c(c2)OCO3)c1OCc1c(Cl)cccc1Cl. The number of anilines is 1. The van der Waals surface area contributed by atoms with Crippen LogP contribution in [0.5, 0.6) is 23.0 Å². The van der Waals surface area contributed by atoms with Crippen molar-refractivity contribution in [3.8, 4) is 23.0 Å². The number of fused-ring (bicyclic) bond motifs is 1. The van der Waals surface area contributed by atoms with E-state index in [0.29, 0.717) is 28.1 Å². The van der Waals surface area contributed by atoms with E-state index in [0.717, 1.165) is 28.3 Å². The lowest BCUT2D eigenvalue weighted by atomic mass is 10.1. The Morgan fingerprint density at radius 1 is 0.966 bits per heavy atom. The largest absolute Gasteiger partial charge is 0.493 e. The van der Waals surface area contributed by atoms with Gasteiger partial charge in [-0.3, -0.25) is 0 Å². The molecule has 7 heteroatoms. The van der Waals surface area contributed by atoms with Crippen molar-refractivity contribution in [2.45, 2.75) is 13.2 Å². The summed E-state index contributed by atoms with van der Waals surface area (Å²) in [5.74, 6) is 2.75. The summed E-state index contributed by atoms with van der Waals surface area (Å²) in [5.41, 5.74) is 2.58. The summed E-state index contributed by atoms with van der Waals surface area (Å²) in [7, 11) is 1.61. The molecule has 29 heavy (non-hydrogen) atoms. The quantitative estimate of drug-likeness (QED) is 0.502. The minimum atomic E-state index is 0.232. The van der Waals surface area contributed by atoms with Crippen LogP contribution in [0.15, 0.2) is 54.6 Å². The predicted molar refractivity (Wildman–Crippen MR) is 114 cm³/mol. The van der Waals surface area contributed by atoms with Crippen LogP contribution in [0.25, 0.3) is 0 Å². The molecule has 0 spiro atoms. The van der Waals surface area contributed by atoms with E-state index >= 15 is 0 Å². The Hall–Kier alpha value is -2.76. The van der Waals surface area contributed by atoms with Gasteiger partial charge in [-0.05, 0) is 30.3 Å². The zero-order valence-electron chi connectivity index (χ0n) is 15.7. The highest BCUT2D eigenvalue weighted by Gasteiger charge is 2.15. The molecule has 0 bridgehead atoms. The van der Waals surface area contributed by atoms with E-state index in [1.165, 1.54) is 0 Å². The van der Waals surface area contributed by atoms with Crippen LogP contribution >= 0.6 is 23.2 Å². The number of hydrogen-bond donors (Lipinski definition) is 1. The van der Waals surface area contributed by atoms with E-state index in [-0.39, 0.29) is 13.4 Å². The highest BCUT2D eigenvalue weighted by Crippen LogP contribution is 2.36. The van der Waals surface area contributed by atoms with Crippen molar-refractivity contribution >= 4 is 28.9 Å². The number of nitrogens with one attached hydrogen (secondary N) is 1. The second-order valence-corrected chi connectivity index (χ2v) is 7.17. The van der Waals surface area contributed by atoms with Crippen molar-refractivity contribution in [2.24, 2.45) is 0 Å². The Morgan fingerprint density at radius 3 is 2.52 bits per heavy atom. The minimum absolute atomic E-state index is 0.232. The van der Waals surface area contributed by atoms with Crippen molar-refractivity contribution in [3.63, 3.8) is 0 Å². The van der Waals surface area contributed by atoms with Gasteiger partial charge >= 0.3 is 0 Å². The molecule has 0 unspecified atom stereocenters. The number of methoxy groups -OCH3 is 1. The van der Waals surface area contributed by atoms with Gasteiger partial charge in [-0.1, -0.05) is 41.4 Å². The van der Waals surface area contributed by atoms with E-state index in [1.54, 1.807) is 25.3 Å². The minimum Gasteiger partial charge on any atom is -0.493 e. The maximum absolute atomic E-state index is 6.27. The number of rotatable bonds is 7. The maximum atomic E-state index is 6.27. The Morgan fingerprint density at radius 2 is 1.72 bits per heavy atom. The molecule has 4 rings (SSSR count). The lowest BCUT2D eigenvalue weighted by molar-refractivity contribution is 0.174. The zero-order chi connectivity index (χ0) is 20.2. The van der Waals surface area contributed by atoms with Gasteiger partial charge in [0.1, 0.15) is 6.61 Å². The molecule has 0 saturated heterocycles. The van der Waals surface area contributed by atoms with Gasteiger partial charge < -0.3 is 24.3 Å². The molecule has 0 atom stereocenters. The molecule has 0 aromatic heterocycles. The standard InChI is InChI=1S/C22H19Cl2NO4/c1-26-20-7-2-4-14(11-25-15-8-9-19-21(10-15)29-13-28-19)22(20)27-12-16-17(23)5-3-6-18(16)24/h2-10,25H,11-13H2,1H3. The molecule has 1 aliphatic rings. The first-order chi connectivity index (χ1) is 14.2. The topological polar surface area (TPSA) is 49.0 Å². The van der Waals surface area contributed by atoms with Crippen LogP contribution in [0.1, 0.15) is 11.1 Å². The molecule has 3 aromatic carbocycles. The van der Waals surface area contributed by atoms with E-state index < -0.39 is 0 Å². The molecule has 1 N–H and O–H groups in total. The van der Waals surface area contributed by atoms with Crippen LogP contribution in [0, 0.1) is 0 Å². The number of para-hydroxylation sites is 1. The molecule has 0 amide bonds. The zero-order valence-corrected chi connectivity index (χ0v) is 17.2. The molecule has 5 nitrogen and oxygen atoms in total. The van der Waals surface area contributed by atoms with Crippen LogP contribution < -0.4 is 24.3 Å². The van der Waals surface area contributed by atoms with E-state index in [1.807, 2.05) is 36.4 Å². The highest BCUT2D eigenvalue weighted by molar-refractivity contribution is 6.35. The monoisotopic (exact) mass is 431 g/mol. The fraction of sp³-hybridized carbons (Fsp3) is 0.182. The van der Waals surface area contributed by atoms with Crippen LogP contribution in [-0.4, -0.2) is 13.9 Å². The number of hydrogen-bond acceptors (Lipinski definition) is 5. The molecule has 0 fully saturated rings. The second kappa shape index (κ2) is 8.72. The van der Waals surface area contributed by atoms with Gasteiger partial charge in [0.2, 0.25) is 6.79 Å². The Bertz CT molecular complexity index is 1010. The molecule has 0 aliphatic carbocycles. The van der Waals surface area contributed by atoms with Gasteiger partial charge in [0.05, 0.1) is 7.11 Å². The fourth-order valence-electron chi connectivity index (χ4n) is 3.04. The predicted octanol–water partition coefficient (Wildman–Crippen LogP) is 5.92. The highest BCUT2D eigenvalue weighted by atomic mass is 35.5. The summed E-state index contributed by atoms with van der Waals surface area (Å²) in [6, 6.07) is 16.9. The fourth-order valence-corrected chi connectivity index (χ4v) is 3.55. The maximum Gasteiger partial charge on any atom is 0.231 e. The summed E-state index contributed by atoms with van der Waals surface area (Å²) in [6.07, 6.45) is 0. The van der Waals surface area contributed by atoms with Crippen molar-refractivity contribution in [1.82, 2.24) is 0 Å². The number of benzene rings is 3. The van der Waals surface area contributed by atoms with Crippen molar-refractivity contribution in [1.29, 1.82) is 0 Å². The molecule has 0 saturated carbocycles. The average molecular weight is 432 g/mol. The lowest BCUT2D eigenvalue weighted by Gasteiger charge is -2.17. The summed E-state index contributed by atoms with van der Waals surface area (Å²) < 4.78 is 22.4. The van der Waals surface area contributed by atoms with E-state index in [2.05, 4.69) is 5.32 Å². The van der Waals surface area contributed by atoms with Crippen LogP contribution in [0.4, 0.5) is 5.69 Å². The third kappa shape index (κ3) is 4.31. The van der Waals surface area contributed by atoms with Crippen LogP contribution in [0.3, 0.4) is 0 Å². The number of halogens is 2. The summed E-state index contributed by atoms with van der Waals surface area (Å²) in [4.78, 5) is 0. The van der Waals surface area contributed by atoms with Gasteiger partial charge in [0, 0.05) is 39.5 Å². The molecule has 150 valence electrons. The lowest BCUT2D eigenvalue weighted by Crippen LogP contribution is -2.06. The van der Waals surface area contributed by atoms with E-state index in [9.17, 15) is 0 Å².